The van der Waals surface area contributed by atoms with Crippen LogP contribution in [0.2, 0.25) is 0 Å². The van der Waals surface area contributed by atoms with Gasteiger partial charge in [-0.05, 0) is 36.3 Å². The van der Waals surface area contributed by atoms with Gasteiger partial charge in [-0.1, -0.05) is 20.8 Å². The molecule has 3 fully saturated rings. The number of aliphatic hydroxyl groups excluding tert-OH is 1. The Morgan fingerprint density at radius 1 is 1.00 bits per heavy atom. The summed E-state index contributed by atoms with van der Waals surface area (Å²) in [7, 11) is 0. The number of fused-ring (bicyclic) bond motifs is 4. The van der Waals surface area contributed by atoms with Crippen LogP contribution in [0.1, 0.15) is 67.7 Å². The number of carbonyl (C=O) groups excluding carboxylic acids is 4. The molecule has 1 N–H and O–H groups in total. The molecule has 9 heteroatoms. The number of esters is 3. The van der Waals surface area contributed by atoms with Crippen LogP contribution < -0.4 is 0 Å². The van der Waals surface area contributed by atoms with E-state index in [0.717, 1.165) is 0 Å². The van der Waals surface area contributed by atoms with Crippen LogP contribution in [-0.4, -0.2) is 65.4 Å². The Hall–Kier alpha value is -2.26. The molecule has 1 heterocycles. The Bertz CT molecular complexity index is 991. The van der Waals surface area contributed by atoms with Gasteiger partial charge in [0.15, 0.2) is 11.9 Å². The maximum Gasteiger partial charge on any atom is 0.303 e. The van der Waals surface area contributed by atoms with Crippen molar-refractivity contribution in [3.8, 4) is 0 Å². The number of ether oxygens (including phenoxy) is 4. The molecule has 35 heavy (non-hydrogen) atoms. The monoisotopic (exact) mass is 492 g/mol. The third-order valence-electron chi connectivity index (χ3n) is 8.91. The Morgan fingerprint density at radius 3 is 2.09 bits per heavy atom. The average Bonchev–Trinajstić information content (AvgIpc) is 3.50. The molecule has 1 spiro atoms. The predicted octanol–water partition coefficient (Wildman–Crippen LogP) is 2.27. The third kappa shape index (κ3) is 3.91. The maximum absolute atomic E-state index is 13.3. The molecular weight excluding hydrogens is 456 g/mol. The van der Waals surface area contributed by atoms with E-state index >= 15 is 0 Å². The summed E-state index contributed by atoms with van der Waals surface area (Å²) in [6, 6.07) is 0. The van der Waals surface area contributed by atoms with Gasteiger partial charge < -0.3 is 24.1 Å². The molecule has 3 aliphatic carbocycles. The van der Waals surface area contributed by atoms with Gasteiger partial charge in [-0.2, -0.15) is 0 Å². The Labute approximate surface area is 205 Å². The van der Waals surface area contributed by atoms with E-state index in [1.165, 1.54) is 20.8 Å². The lowest BCUT2D eigenvalue weighted by molar-refractivity contribution is -0.223. The summed E-state index contributed by atoms with van der Waals surface area (Å²) >= 11 is 0. The molecular formula is C26H36O9. The number of rotatable bonds is 3. The number of aliphatic hydroxyl groups is 1. The molecule has 1 saturated heterocycles. The zero-order valence-electron chi connectivity index (χ0n) is 21.5. The third-order valence-corrected chi connectivity index (χ3v) is 8.91. The molecule has 0 aromatic carbocycles. The average molecular weight is 493 g/mol. The molecule has 8 atom stereocenters. The van der Waals surface area contributed by atoms with Crippen molar-refractivity contribution in [3.63, 3.8) is 0 Å². The number of allylic oxidation sites excluding steroid dienone is 1. The molecule has 0 aromatic heterocycles. The van der Waals surface area contributed by atoms with Crippen molar-refractivity contribution in [1.29, 1.82) is 0 Å². The first-order chi connectivity index (χ1) is 16.2. The summed E-state index contributed by atoms with van der Waals surface area (Å²) in [6.45, 7) is 11.6. The Balaban J connectivity index is 2.06. The van der Waals surface area contributed by atoms with Crippen molar-refractivity contribution in [1.82, 2.24) is 0 Å². The van der Waals surface area contributed by atoms with Gasteiger partial charge in [0.1, 0.15) is 17.8 Å². The minimum atomic E-state index is -1.02. The first-order valence-electron chi connectivity index (χ1n) is 12.2. The van der Waals surface area contributed by atoms with Crippen LogP contribution in [-0.2, 0) is 38.1 Å². The van der Waals surface area contributed by atoms with E-state index in [2.05, 4.69) is 0 Å². The molecule has 0 amide bonds. The van der Waals surface area contributed by atoms with E-state index in [1.807, 2.05) is 20.8 Å². The first-order valence-corrected chi connectivity index (χ1v) is 12.2. The highest BCUT2D eigenvalue weighted by atomic mass is 16.6. The van der Waals surface area contributed by atoms with Crippen LogP contribution in [0.5, 0.6) is 0 Å². The van der Waals surface area contributed by atoms with Crippen molar-refractivity contribution in [2.75, 3.05) is 6.61 Å². The molecule has 0 aromatic rings. The molecule has 4 rings (SSSR count). The van der Waals surface area contributed by atoms with Gasteiger partial charge in [0.05, 0.1) is 12.7 Å². The lowest BCUT2D eigenvalue weighted by Gasteiger charge is -2.60. The molecule has 9 nitrogen and oxygen atoms in total. The van der Waals surface area contributed by atoms with Crippen molar-refractivity contribution >= 4 is 23.7 Å². The van der Waals surface area contributed by atoms with E-state index < -0.39 is 70.6 Å². The van der Waals surface area contributed by atoms with Crippen molar-refractivity contribution in [2.45, 2.75) is 97.7 Å². The van der Waals surface area contributed by atoms with Crippen LogP contribution in [0.3, 0.4) is 0 Å². The van der Waals surface area contributed by atoms with E-state index in [-0.39, 0.29) is 18.8 Å². The van der Waals surface area contributed by atoms with Gasteiger partial charge in [0.2, 0.25) is 0 Å². The zero-order chi connectivity index (χ0) is 26.1. The summed E-state index contributed by atoms with van der Waals surface area (Å²) in [5.41, 5.74) is -1.64. The van der Waals surface area contributed by atoms with Crippen LogP contribution >= 0.6 is 0 Å². The van der Waals surface area contributed by atoms with Crippen molar-refractivity contribution in [2.24, 2.45) is 22.7 Å². The van der Waals surface area contributed by atoms with Crippen LogP contribution in [0.15, 0.2) is 11.1 Å². The molecule has 2 saturated carbocycles. The van der Waals surface area contributed by atoms with Crippen LogP contribution in [0, 0.1) is 22.7 Å². The van der Waals surface area contributed by atoms with Crippen LogP contribution in [0.4, 0.5) is 0 Å². The second-order valence-corrected chi connectivity index (χ2v) is 11.4. The second-order valence-electron chi connectivity index (χ2n) is 11.4. The van der Waals surface area contributed by atoms with Gasteiger partial charge in [-0.3, -0.25) is 19.2 Å². The maximum atomic E-state index is 13.3. The SMILES string of the molecule is CC(=O)O[C@@H]1[C@@H]2CC(=O)C(C)=C([C@@H](OC(C)=O)[C@H](OC(C)=O)[C@]3(C)CC[C@H](O)[C@@]4(CO4)[C@@H]13)C2(C)C. The first kappa shape index (κ1) is 25.8. The minimum Gasteiger partial charge on any atom is -0.462 e. The Kier molecular flexibility index (Phi) is 6.20. The van der Waals surface area contributed by atoms with E-state index in [4.69, 9.17) is 18.9 Å². The highest BCUT2D eigenvalue weighted by molar-refractivity contribution is 5.97. The largest absolute Gasteiger partial charge is 0.462 e. The zero-order valence-corrected chi connectivity index (χ0v) is 21.5. The van der Waals surface area contributed by atoms with Crippen molar-refractivity contribution in [3.05, 3.63) is 11.1 Å². The summed E-state index contributed by atoms with van der Waals surface area (Å²) in [5, 5.41) is 11.1. The number of hydrogen-bond donors (Lipinski definition) is 1. The van der Waals surface area contributed by atoms with Crippen molar-refractivity contribution < 1.29 is 43.2 Å². The highest BCUT2D eigenvalue weighted by Gasteiger charge is 2.73. The van der Waals surface area contributed by atoms with E-state index in [0.29, 0.717) is 24.0 Å². The number of hydrogen-bond acceptors (Lipinski definition) is 9. The van der Waals surface area contributed by atoms with Gasteiger partial charge in [-0.25, -0.2) is 0 Å². The molecule has 4 aliphatic rings. The van der Waals surface area contributed by atoms with Crippen LogP contribution in [0.25, 0.3) is 0 Å². The fraction of sp³-hybridized carbons (Fsp3) is 0.769. The lowest BCUT2D eigenvalue weighted by Crippen LogP contribution is -2.68. The summed E-state index contributed by atoms with van der Waals surface area (Å²) in [4.78, 5) is 50.5. The molecule has 0 unspecified atom stereocenters. The van der Waals surface area contributed by atoms with Gasteiger partial charge in [-0.15, -0.1) is 0 Å². The second kappa shape index (κ2) is 8.40. The standard InChI is InChI=1S/C26H36O9/c1-12-17(30)10-16-20(33-13(2)27)22-25(7,9-8-18(31)26(22)11-32-26)23(35-15(4)29)21(34-14(3)28)19(12)24(16,5)6/h16,18,20-23,31H,8-11H2,1-7H3/t16-,18-,20+,21+,22-,23-,25+,26-/m0/s1. The number of epoxide rings is 1. The summed E-state index contributed by atoms with van der Waals surface area (Å²) in [5.74, 6) is -2.87. The predicted molar refractivity (Wildman–Crippen MR) is 122 cm³/mol. The van der Waals surface area contributed by atoms with Gasteiger partial charge in [0, 0.05) is 44.4 Å². The highest BCUT2D eigenvalue weighted by Crippen LogP contribution is 2.64. The normalized spacial score (nSPS) is 41.9. The fourth-order valence-corrected chi connectivity index (χ4v) is 7.33. The number of carbonyl (C=O) groups is 4. The van der Waals surface area contributed by atoms with Gasteiger partial charge in [0.25, 0.3) is 0 Å². The number of Topliss-reactive ketones (excluding diaryl/α,β-unsaturated/α-hetero) is 1. The minimum absolute atomic E-state index is 0.129. The smallest absolute Gasteiger partial charge is 0.303 e. The Morgan fingerprint density at radius 2 is 1.57 bits per heavy atom. The molecule has 2 bridgehead atoms. The number of ketones is 1. The molecule has 1 aliphatic heterocycles. The van der Waals surface area contributed by atoms with E-state index in [1.54, 1.807) is 6.92 Å². The molecule has 194 valence electrons. The van der Waals surface area contributed by atoms with E-state index in [9.17, 15) is 24.3 Å². The van der Waals surface area contributed by atoms with Gasteiger partial charge >= 0.3 is 17.9 Å². The summed E-state index contributed by atoms with van der Waals surface area (Å²) in [6.07, 6.45) is -2.72. The topological polar surface area (TPSA) is 129 Å². The fourth-order valence-electron chi connectivity index (χ4n) is 7.33. The summed E-state index contributed by atoms with van der Waals surface area (Å²) < 4.78 is 23.8. The lowest BCUT2D eigenvalue weighted by atomic mass is 9.48. The molecule has 0 radical (unpaired) electrons. The quantitative estimate of drug-likeness (QED) is 0.358.